The largest absolute Gasteiger partial charge is 0.265 e. The van der Waals surface area contributed by atoms with E-state index in [1.165, 1.54) is 5.56 Å². The van der Waals surface area contributed by atoms with Gasteiger partial charge < -0.3 is 0 Å². The Morgan fingerprint density at radius 2 is 1.83 bits per heavy atom. The third-order valence-corrected chi connectivity index (χ3v) is 1.76. The predicted octanol–water partition coefficient (Wildman–Crippen LogP) is 3.22. The van der Waals surface area contributed by atoms with Crippen molar-refractivity contribution in [3.8, 4) is 0 Å². The summed E-state index contributed by atoms with van der Waals surface area (Å²) < 4.78 is 0. The summed E-state index contributed by atoms with van der Waals surface area (Å²) in [7, 11) is 0. The molecule has 1 heteroatoms. The lowest BCUT2D eigenvalue weighted by molar-refractivity contribution is 0.647. The summed E-state index contributed by atoms with van der Waals surface area (Å²) >= 11 is 0. The third-order valence-electron chi connectivity index (χ3n) is 1.76. The monoisotopic (exact) mass is 161 g/mol. The lowest BCUT2D eigenvalue weighted by Crippen LogP contribution is -1.92. The molecule has 1 aromatic rings. The molecule has 0 saturated carbocycles. The van der Waals surface area contributed by atoms with Gasteiger partial charge >= 0.3 is 0 Å². The van der Waals surface area contributed by atoms with Crippen molar-refractivity contribution < 1.29 is 0 Å². The molecule has 1 nitrogen and oxygen atoms in total. The maximum Gasteiger partial charge on any atom is 0.0622 e. The number of rotatable bonds is 3. The second kappa shape index (κ2) is 4.05. The summed E-state index contributed by atoms with van der Waals surface area (Å²) in [4.78, 5) is 3.84. The molecule has 0 spiro atoms. The highest BCUT2D eigenvalue weighted by atomic mass is 14.7. The highest BCUT2D eigenvalue weighted by Gasteiger charge is 1.96. The number of hydrogen-bond acceptors (Lipinski definition) is 1. The molecule has 64 valence electrons. The summed E-state index contributed by atoms with van der Waals surface area (Å²) in [6, 6.07) is 8.24. The van der Waals surface area contributed by atoms with Gasteiger partial charge in [-0.25, -0.2) is 0 Å². The van der Waals surface area contributed by atoms with E-state index in [2.05, 4.69) is 37.7 Å². The maximum absolute atomic E-state index is 3.84. The summed E-state index contributed by atoms with van der Waals surface area (Å²) in [5.41, 5.74) is 2.32. The van der Waals surface area contributed by atoms with Crippen molar-refractivity contribution in [2.45, 2.75) is 20.3 Å². The van der Waals surface area contributed by atoms with Crippen LogP contribution in [0.1, 0.15) is 19.4 Å². The lowest BCUT2D eigenvalue weighted by Gasteiger charge is -2.04. The molecule has 12 heavy (non-hydrogen) atoms. The Bertz CT molecular complexity index is 246. The zero-order chi connectivity index (χ0) is 8.97. The minimum atomic E-state index is 0.715. The fraction of sp³-hybridized carbons (Fsp3) is 0.364. The Labute approximate surface area is 74.2 Å². The van der Waals surface area contributed by atoms with Crippen LogP contribution in [0.15, 0.2) is 29.3 Å². The van der Waals surface area contributed by atoms with E-state index in [1.807, 2.05) is 12.1 Å². The zero-order valence-corrected chi connectivity index (χ0v) is 7.75. The van der Waals surface area contributed by atoms with Crippen LogP contribution in [-0.4, -0.2) is 6.72 Å². The SMILES string of the molecule is C=Nc1ccc(CC(C)C)cc1. The Morgan fingerprint density at radius 1 is 1.25 bits per heavy atom. The van der Waals surface area contributed by atoms with Gasteiger partial charge in [-0.1, -0.05) is 26.0 Å². The molecule has 0 aliphatic rings. The fourth-order valence-corrected chi connectivity index (χ4v) is 1.21. The van der Waals surface area contributed by atoms with E-state index in [1.54, 1.807) is 0 Å². The average molecular weight is 161 g/mol. The molecule has 0 bridgehead atoms. The number of aliphatic imine (C=N–C) groups is 1. The van der Waals surface area contributed by atoms with E-state index < -0.39 is 0 Å². The molecule has 0 N–H and O–H groups in total. The van der Waals surface area contributed by atoms with Crippen molar-refractivity contribution in [3.05, 3.63) is 29.8 Å². The second-order valence-corrected chi connectivity index (χ2v) is 3.42. The molecule has 0 amide bonds. The van der Waals surface area contributed by atoms with Crippen molar-refractivity contribution in [2.24, 2.45) is 10.9 Å². The van der Waals surface area contributed by atoms with Crippen LogP contribution in [0.25, 0.3) is 0 Å². The third kappa shape index (κ3) is 2.50. The van der Waals surface area contributed by atoms with Gasteiger partial charge in [0.1, 0.15) is 0 Å². The standard InChI is InChI=1S/C11H15N/c1-9(2)8-10-4-6-11(12-3)7-5-10/h4-7,9H,3,8H2,1-2H3. The van der Waals surface area contributed by atoms with Gasteiger partial charge in [-0.05, 0) is 36.8 Å². The van der Waals surface area contributed by atoms with Gasteiger partial charge in [0.25, 0.3) is 0 Å². The van der Waals surface area contributed by atoms with E-state index in [9.17, 15) is 0 Å². The van der Waals surface area contributed by atoms with Crippen LogP contribution >= 0.6 is 0 Å². The van der Waals surface area contributed by atoms with Crippen LogP contribution in [-0.2, 0) is 6.42 Å². The van der Waals surface area contributed by atoms with E-state index in [4.69, 9.17) is 0 Å². The van der Waals surface area contributed by atoms with Gasteiger partial charge in [0.15, 0.2) is 0 Å². The van der Waals surface area contributed by atoms with Gasteiger partial charge in [0, 0.05) is 0 Å². The van der Waals surface area contributed by atoms with Crippen molar-refractivity contribution in [1.82, 2.24) is 0 Å². The molecule has 0 unspecified atom stereocenters. The Balaban J connectivity index is 2.71. The second-order valence-electron chi connectivity index (χ2n) is 3.42. The lowest BCUT2D eigenvalue weighted by atomic mass is 10.0. The van der Waals surface area contributed by atoms with E-state index in [0.717, 1.165) is 12.1 Å². The fourth-order valence-electron chi connectivity index (χ4n) is 1.21. The highest BCUT2D eigenvalue weighted by Crippen LogP contribution is 2.14. The van der Waals surface area contributed by atoms with Gasteiger partial charge in [0.2, 0.25) is 0 Å². The van der Waals surface area contributed by atoms with E-state index in [-0.39, 0.29) is 0 Å². The molecule has 1 aromatic carbocycles. The highest BCUT2D eigenvalue weighted by molar-refractivity contribution is 5.45. The molecule has 1 rings (SSSR count). The van der Waals surface area contributed by atoms with Gasteiger partial charge in [-0.3, -0.25) is 4.99 Å². The first-order valence-corrected chi connectivity index (χ1v) is 4.28. The minimum Gasteiger partial charge on any atom is -0.265 e. The van der Waals surface area contributed by atoms with Crippen molar-refractivity contribution >= 4 is 12.4 Å². The van der Waals surface area contributed by atoms with Crippen LogP contribution in [0.4, 0.5) is 5.69 Å². The topological polar surface area (TPSA) is 12.4 Å². The summed E-state index contributed by atoms with van der Waals surface area (Å²) in [6.45, 7) is 7.92. The molecule has 0 fully saturated rings. The molecule has 0 aliphatic heterocycles. The smallest absolute Gasteiger partial charge is 0.0622 e. The maximum atomic E-state index is 3.84. The Kier molecular flexibility index (Phi) is 3.03. The normalized spacial score (nSPS) is 10.2. The zero-order valence-electron chi connectivity index (χ0n) is 7.75. The number of hydrogen-bond donors (Lipinski definition) is 0. The van der Waals surface area contributed by atoms with Crippen molar-refractivity contribution in [2.75, 3.05) is 0 Å². The Morgan fingerprint density at radius 3 is 2.25 bits per heavy atom. The first-order chi connectivity index (χ1) is 5.72. The van der Waals surface area contributed by atoms with E-state index >= 15 is 0 Å². The summed E-state index contributed by atoms with van der Waals surface area (Å²) in [5, 5.41) is 0. The van der Waals surface area contributed by atoms with Crippen molar-refractivity contribution in [1.29, 1.82) is 0 Å². The molecule has 0 aliphatic carbocycles. The Hall–Kier alpha value is -1.11. The molecule has 0 saturated heterocycles. The van der Waals surface area contributed by atoms with Crippen LogP contribution in [0.3, 0.4) is 0 Å². The van der Waals surface area contributed by atoms with Crippen LogP contribution in [0.5, 0.6) is 0 Å². The predicted molar refractivity (Wildman–Crippen MR) is 54.2 cm³/mol. The number of benzene rings is 1. The molecular weight excluding hydrogens is 146 g/mol. The van der Waals surface area contributed by atoms with Crippen molar-refractivity contribution in [3.63, 3.8) is 0 Å². The average Bonchev–Trinajstić information content (AvgIpc) is 2.05. The molecule has 0 heterocycles. The summed E-state index contributed by atoms with van der Waals surface area (Å²) in [5.74, 6) is 0.715. The number of nitrogens with zero attached hydrogens (tertiary/aromatic N) is 1. The first kappa shape index (κ1) is 8.98. The van der Waals surface area contributed by atoms with Crippen LogP contribution in [0, 0.1) is 5.92 Å². The molecule has 0 aromatic heterocycles. The molecule has 0 atom stereocenters. The minimum absolute atomic E-state index is 0.715. The quantitative estimate of drug-likeness (QED) is 0.603. The van der Waals surface area contributed by atoms with Gasteiger partial charge in [-0.2, -0.15) is 0 Å². The first-order valence-electron chi connectivity index (χ1n) is 4.28. The molecular formula is C11H15N. The van der Waals surface area contributed by atoms with Gasteiger partial charge in [-0.15, -0.1) is 0 Å². The van der Waals surface area contributed by atoms with Gasteiger partial charge in [0.05, 0.1) is 5.69 Å². The molecule has 0 radical (unpaired) electrons. The van der Waals surface area contributed by atoms with Crippen LogP contribution in [0.2, 0.25) is 0 Å². The summed E-state index contributed by atoms with van der Waals surface area (Å²) in [6.07, 6.45) is 1.14. The van der Waals surface area contributed by atoms with E-state index in [0.29, 0.717) is 5.92 Å². The van der Waals surface area contributed by atoms with Crippen LogP contribution < -0.4 is 0 Å².